The second-order valence-electron chi connectivity index (χ2n) is 10.7. The second-order valence-corrected chi connectivity index (χ2v) is 10.7. The van der Waals surface area contributed by atoms with Crippen molar-refractivity contribution >= 4 is 23.6 Å². The number of non-ortho nitro benzene ring substituents is 1. The van der Waals surface area contributed by atoms with Crippen LogP contribution in [0.3, 0.4) is 0 Å². The topological polar surface area (TPSA) is 181 Å². The number of carbonyl (C=O) groups is 3. The summed E-state index contributed by atoms with van der Waals surface area (Å²) in [6, 6.07) is 22.2. The van der Waals surface area contributed by atoms with Crippen molar-refractivity contribution in [3.8, 4) is 23.0 Å². The van der Waals surface area contributed by atoms with Crippen LogP contribution in [0, 0.1) is 15.5 Å². The molecule has 13 heteroatoms. The van der Waals surface area contributed by atoms with Gasteiger partial charge >= 0.3 is 17.9 Å². The predicted octanol–water partition coefficient (Wildman–Crippen LogP) is 6.21. The Kier molecular flexibility index (Phi) is 10.5. The van der Waals surface area contributed by atoms with Gasteiger partial charge in [-0.2, -0.15) is 4.89 Å². The molecule has 13 nitrogen and oxygen atoms in total. The molecule has 0 unspecified atom stereocenters. The highest BCUT2D eigenvalue weighted by atomic mass is 17.2. The van der Waals surface area contributed by atoms with Crippen LogP contribution in [0.25, 0.3) is 0 Å². The smallest absolute Gasteiger partial charge is 0.344 e. The number of nitro groups is 1. The highest BCUT2D eigenvalue weighted by Crippen LogP contribution is 2.26. The first-order valence-corrected chi connectivity index (χ1v) is 13.7. The minimum absolute atomic E-state index is 0.0431. The standard InChI is InChI=1S/C33H29NO12/c1-33(2,20-43-24-10-14-26(15-11-24)46-44-18-21-5-3-4-6-27(21)30(35)36)19-42-23-8-12-25(13-9-23)45-32(39)28-16-7-22(34(40)41)17-29(28)31(37)38/h3-17H,18-20H2,1-2H3,(H,35,36)(H,37,38). The number of benzene rings is 4. The number of nitrogens with zero attached hydrogens (tertiary/aromatic N) is 1. The maximum atomic E-state index is 12.6. The SMILES string of the molecule is CC(C)(COc1ccc(OOCc2ccccc2C(=O)O)cc1)COc1ccc(OC(=O)c2ccc([N+](=O)[O-])cc2C(=O)O)cc1. The zero-order valence-corrected chi connectivity index (χ0v) is 24.7. The fourth-order valence-electron chi connectivity index (χ4n) is 3.97. The van der Waals surface area contributed by atoms with Crippen molar-refractivity contribution in [3.05, 3.63) is 123 Å². The number of esters is 1. The first kappa shape index (κ1) is 33.0. The van der Waals surface area contributed by atoms with Crippen LogP contribution in [-0.2, 0) is 11.5 Å². The van der Waals surface area contributed by atoms with Crippen molar-refractivity contribution in [2.45, 2.75) is 20.5 Å². The van der Waals surface area contributed by atoms with E-state index in [1.807, 2.05) is 13.8 Å². The molecule has 4 aromatic carbocycles. The van der Waals surface area contributed by atoms with Crippen LogP contribution in [0.15, 0.2) is 91.0 Å². The van der Waals surface area contributed by atoms with Gasteiger partial charge in [0.15, 0.2) is 5.75 Å². The van der Waals surface area contributed by atoms with Crippen LogP contribution in [0.4, 0.5) is 5.69 Å². The molecule has 0 aliphatic heterocycles. The van der Waals surface area contributed by atoms with E-state index in [-0.39, 0.29) is 30.1 Å². The van der Waals surface area contributed by atoms with E-state index in [9.17, 15) is 34.7 Å². The van der Waals surface area contributed by atoms with E-state index in [1.165, 1.54) is 18.2 Å². The number of carbonyl (C=O) groups excluding carboxylic acids is 1. The van der Waals surface area contributed by atoms with Gasteiger partial charge in [-0.05, 0) is 66.2 Å². The summed E-state index contributed by atoms with van der Waals surface area (Å²) < 4.78 is 17.0. The number of rotatable bonds is 15. The highest BCUT2D eigenvalue weighted by Gasteiger charge is 2.23. The molecule has 0 saturated heterocycles. The molecule has 0 atom stereocenters. The number of carboxylic acid groups (broad SMARTS) is 2. The zero-order valence-electron chi connectivity index (χ0n) is 24.7. The van der Waals surface area contributed by atoms with Crippen molar-refractivity contribution in [2.24, 2.45) is 5.41 Å². The van der Waals surface area contributed by atoms with E-state index in [0.717, 1.165) is 18.2 Å². The van der Waals surface area contributed by atoms with E-state index >= 15 is 0 Å². The molecular weight excluding hydrogens is 602 g/mol. The lowest BCUT2D eigenvalue weighted by Gasteiger charge is -2.25. The molecule has 0 saturated carbocycles. The molecule has 0 aliphatic rings. The third-order valence-corrected chi connectivity index (χ3v) is 6.40. The van der Waals surface area contributed by atoms with Crippen molar-refractivity contribution in [1.82, 2.24) is 0 Å². The fourth-order valence-corrected chi connectivity index (χ4v) is 3.97. The van der Waals surface area contributed by atoms with Gasteiger partial charge in [0.05, 0.1) is 34.8 Å². The molecule has 0 heterocycles. The summed E-state index contributed by atoms with van der Waals surface area (Å²) in [4.78, 5) is 56.1. The van der Waals surface area contributed by atoms with Gasteiger partial charge in [0.25, 0.3) is 5.69 Å². The summed E-state index contributed by atoms with van der Waals surface area (Å²) in [5, 5.41) is 29.6. The molecule has 2 N–H and O–H groups in total. The molecule has 46 heavy (non-hydrogen) atoms. The Morgan fingerprint density at radius 1 is 0.717 bits per heavy atom. The summed E-state index contributed by atoms with van der Waals surface area (Å²) in [6.45, 7) is 4.45. The summed E-state index contributed by atoms with van der Waals surface area (Å²) >= 11 is 0. The van der Waals surface area contributed by atoms with Crippen molar-refractivity contribution in [3.63, 3.8) is 0 Å². The lowest BCUT2D eigenvalue weighted by atomic mass is 9.96. The Morgan fingerprint density at radius 2 is 1.26 bits per heavy atom. The van der Waals surface area contributed by atoms with Crippen LogP contribution < -0.4 is 19.1 Å². The van der Waals surface area contributed by atoms with Crippen molar-refractivity contribution in [1.29, 1.82) is 0 Å². The Balaban J connectivity index is 1.23. The first-order valence-electron chi connectivity index (χ1n) is 13.7. The van der Waals surface area contributed by atoms with Gasteiger partial charge in [0.1, 0.15) is 23.9 Å². The van der Waals surface area contributed by atoms with Gasteiger partial charge in [-0.25, -0.2) is 14.4 Å². The average Bonchev–Trinajstić information content (AvgIpc) is 3.04. The maximum Gasteiger partial charge on any atom is 0.344 e. The van der Waals surface area contributed by atoms with Gasteiger partial charge in [-0.15, -0.1) is 0 Å². The third kappa shape index (κ3) is 9.03. The molecule has 0 bridgehead atoms. The zero-order chi connectivity index (χ0) is 33.3. The quantitative estimate of drug-likeness (QED) is 0.0499. The summed E-state index contributed by atoms with van der Waals surface area (Å²) in [7, 11) is 0. The van der Waals surface area contributed by atoms with Gasteiger partial charge in [0, 0.05) is 17.5 Å². The summed E-state index contributed by atoms with van der Waals surface area (Å²) in [5.74, 6) is -1.92. The van der Waals surface area contributed by atoms with E-state index in [1.54, 1.807) is 54.6 Å². The second kappa shape index (κ2) is 14.7. The van der Waals surface area contributed by atoms with E-state index < -0.39 is 39.5 Å². The molecule has 0 fully saturated rings. The van der Waals surface area contributed by atoms with Gasteiger partial charge in [-0.3, -0.25) is 10.1 Å². The number of ether oxygens (including phenoxy) is 3. The number of carboxylic acids is 2. The lowest BCUT2D eigenvalue weighted by Crippen LogP contribution is -2.28. The summed E-state index contributed by atoms with van der Waals surface area (Å²) in [5.41, 5.74) is -1.12. The molecule has 4 rings (SSSR count). The van der Waals surface area contributed by atoms with E-state index in [0.29, 0.717) is 29.4 Å². The maximum absolute atomic E-state index is 12.6. The monoisotopic (exact) mass is 631 g/mol. The number of aromatic carboxylic acids is 2. The fraction of sp³-hybridized carbons (Fsp3) is 0.182. The normalized spacial score (nSPS) is 10.9. The van der Waals surface area contributed by atoms with Crippen LogP contribution in [0.5, 0.6) is 23.0 Å². The molecule has 0 aliphatic carbocycles. The van der Waals surface area contributed by atoms with Crippen LogP contribution in [0.1, 0.15) is 50.5 Å². The molecule has 0 spiro atoms. The average molecular weight is 632 g/mol. The first-order chi connectivity index (χ1) is 21.9. The molecule has 0 amide bonds. The largest absolute Gasteiger partial charge is 0.493 e. The lowest BCUT2D eigenvalue weighted by molar-refractivity contribution is -0.384. The number of nitro benzene ring substituents is 1. The predicted molar refractivity (Wildman–Crippen MR) is 161 cm³/mol. The molecule has 0 radical (unpaired) electrons. The van der Waals surface area contributed by atoms with Gasteiger partial charge in [0.2, 0.25) is 0 Å². The van der Waals surface area contributed by atoms with E-state index in [4.69, 9.17) is 24.0 Å². The Morgan fingerprint density at radius 3 is 1.83 bits per heavy atom. The Labute approximate surface area is 262 Å². The van der Waals surface area contributed by atoms with E-state index in [2.05, 4.69) is 0 Å². The number of hydrogen-bond donors (Lipinski definition) is 2. The Hall–Kier alpha value is -5.95. The molecule has 4 aromatic rings. The highest BCUT2D eigenvalue weighted by molar-refractivity contribution is 6.03. The Bertz CT molecular complexity index is 1720. The minimum Gasteiger partial charge on any atom is -0.493 e. The molecule has 0 aromatic heterocycles. The van der Waals surface area contributed by atoms with Gasteiger partial charge < -0.3 is 29.3 Å². The third-order valence-electron chi connectivity index (χ3n) is 6.40. The van der Waals surface area contributed by atoms with Gasteiger partial charge in [-0.1, -0.05) is 32.0 Å². The van der Waals surface area contributed by atoms with Crippen LogP contribution in [-0.4, -0.2) is 46.3 Å². The van der Waals surface area contributed by atoms with Crippen molar-refractivity contribution < 1.29 is 53.5 Å². The van der Waals surface area contributed by atoms with Crippen LogP contribution >= 0.6 is 0 Å². The van der Waals surface area contributed by atoms with Crippen molar-refractivity contribution in [2.75, 3.05) is 13.2 Å². The minimum atomic E-state index is -1.50. The summed E-state index contributed by atoms with van der Waals surface area (Å²) in [6.07, 6.45) is 0. The molecule has 238 valence electrons. The number of hydrogen-bond acceptors (Lipinski definition) is 10. The van der Waals surface area contributed by atoms with Crippen LogP contribution in [0.2, 0.25) is 0 Å². The molecular formula is C33H29NO12.